The number of carbonyl (C=O) groups is 1. The van der Waals surface area contributed by atoms with E-state index in [-0.39, 0.29) is 11.3 Å². The molecule has 0 aromatic carbocycles. The van der Waals surface area contributed by atoms with E-state index in [2.05, 4.69) is 54.1 Å². The molecule has 0 fully saturated rings. The Morgan fingerprint density at radius 1 is 1.31 bits per heavy atom. The van der Waals surface area contributed by atoms with E-state index in [0.29, 0.717) is 6.42 Å². The second-order valence-corrected chi connectivity index (χ2v) is 6.12. The number of unbranched alkanes of at least 4 members (excludes halogenated alkanes) is 1. The third-order valence-corrected chi connectivity index (χ3v) is 2.86. The van der Waals surface area contributed by atoms with E-state index in [1.807, 2.05) is 0 Å². The Hall–Kier alpha value is -0.0900. The van der Waals surface area contributed by atoms with Gasteiger partial charge in [0.15, 0.2) is 0 Å². The Kier molecular flexibility index (Phi) is 8.02. The molecule has 0 aliphatic rings. The standard InChI is InChI=1S/C12H25BrN2O/c1-12(2,10-15(3)4)9-14-11(16)7-5-6-8-13/h5-10H2,1-4H3,(H,14,16). The van der Waals surface area contributed by atoms with Crippen LogP contribution in [0.25, 0.3) is 0 Å². The SMILES string of the molecule is CN(C)CC(C)(C)CNC(=O)CCCCBr. The van der Waals surface area contributed by atoms with Crippen molar-refractivity contribution in [2.75, 3.05) is 32.5 Å². The number of hydrogen-bond donors (Lipinski definition) is 1. The molecule has 1 N–H and O–H groups in total. The van der Waals surface area contributed by atoms with Crippen molar-refractivity contribution in [1.29, 1.82) is 0 Å². The van der Waals surface area contributed by atoms with Crippen molar-refractivity contribution in [3.05, 3.63) is 0 Å². The van der Waals surface area contributed by atoms with Crippen LogP contribution in [0.15, 0.2) is 0 Å². The predicted molar refractivity (Wildman–Crippen MR) is 73.0 cm³/mol. The van der Waals surface area contributed by atoms with E-state index in [1.165, 1.54) is 0 Å². The summed E-state index contributed by atoms with van der Waals surface area (Å²) >= 11 is 3.36. The molecule has 0 bridgehead atoms. The van der Waals surface area contributed by atoms with Crippen LogP contribution in [0.1, 0.15) is 33.1 Å². The largest absolute Gasteiger partial charge is 0.356 e. The number of rotatable bonds is 8. The zero-order valence-corrected chi connectivity index (χ0v) is 12.6. The molecule has 0 rings (SSSR count). The van der Waals surface area contributed by atoms with E-state index in [4.69, 9.17) is 0 Å². The van der Waals surface area contributed by atoms with Crippen LogP contribution in [-0.2, 0) is 4.79 Å². The number of carbonyl (C=O) groups excluding carboxylic acids is 1. The lowest BCUT2D eigenvalue weighted by Crippen LogP contribution is -2.39. The van der Waals surface area contributed by atoms with Crippen molar-refractivity contribution < 1.29 is 4.79 Å². The van der Waals surface area contributed by atoms with Crippen LogP contribution in [0, 0.1) is 5.41 Å². The lowest BCUT2D eigenvalue weighted by atomic mass is 9.93. The van der Waals surface area contributed by atoms with Crippen molar-refractivity contribution in [1.82, 2.24) is 10.2 Å². The predicted octanol–water partition coefficient (Wildman–Crippen LogP) is 2.26. The molecule has 0 spiro atoms. The molecule has 0 aliphatic carbocycles. The minimum absolute atomic E-state index is 0.134. The van der Waals surface area contributed by atoms with Gasteiger partial charge >= 0.3 is 0 Å². The molecule has 0 aromatic heterocycles. The summed E-state index contributed by atoms with van der Waals surface area (Å²) < 4.78 is 0. The fraction of sp³-hybridized carbons (Fsp3) is 0.917. The molecule has 0 radical (unpaired) electrons. The van der Waals surface area contributed by atoms with E-state index in [9.17, 15) is 4.79 Å². The summed E-state index contributed by atoms with van der Waals surface area (Å²) in [4.78, 5) is 13.7. The average Bonchev–Trinajstić information content (AvgIpc) is 2.13. The molecule has 0 heterocycles. The molecular formula is C12H25BrN2O. The molecule has 0 atom stereocenters. The highest BCUT2D eigenvalue weighted by Crippen LogP contribution is 2.14. The highest BCUT2D eigenvalue weighted by Gasteiger charge is 2.19. The molecule has 3 nitrogen and oxygen atoms in total. The van der Waals surface area contributed by atoms with Crippen LogP contribution in [0.2, 0.25) is 0 Å². The Balaban J connectivity index is 3.72. The van der Waals surface area contributed by atoms with Crippen molar-refractivity contribution in [3.8, 4) is 0 Å². The minimum Gasteiger partial charge on any atom is -0.356 e. The van der Waals surface area contributed by atoms with Crippen molar-refractivity contribution in [3.63, 3.8) is 0 Å². The Morgan fingerprint density at radius 3 is 2.44 bits per heavy atom. The first-order chi connectivity index (χ1) is 7.37. The lowest BCUT2D eigenvalue weighted by Gasteiger charge is -2.28. The van der Waals surface area contributed by atoms with E-state index < -0.39 is 0 Å². The first kappa shape index (κ1) is 15.9. The maximum Gasteiger partial charge on any atom is 0.220 e. The fourth-order valence-corrected chi connectivity index (χ4v) is 2.11. The number of hydrogen-bond acceptors (Lipinski definition) is 2. The van der Waals surface area contributed by atoms with Crippen LogP contribution < -0.4 is 5.32 Å². The Morgan fingerprint density at radius 2 is 1.94 bits per heavy atom. The van der Waals surface area contributed by atoms with Gasteiger partial charge in [-0.3, -0.25) is 4.79 Å². The maximum absolute atomic E-state index is 11.5. The number of nitrogens with zero attached hydrogens (tertiary/aromatic N) is 1. The van der Waals surface area contributed by atoms with Crippen molar-refractivity contribution >= 4 is 21.8 Å². The van der Waals surface area contributed by atoms with Gasteiger partial charge in [-0.1, -0.05) is 29.8 Å². The first-order valence-electron chi connectivity index (χ1n) is 5.85. The van der Waals surface area contributed by atoms with E-state index >= 15 is 0 Å². The zero-order valence-electron chi connectivity index (χ0n) is 11.0. The molecular weight excluding hydrogens is 268 g/mol. The van der Waals surface area contributed by atoms with E-state index in [0.717, 1.165) is 31.3 Å². The molecule has 96 valence electrons. The van der Waals surface area contributed by atoms with Gasteiger partial charge in [0, 0.05) is 24.8 Å². The van der Waals surface area contributed by atoms with Gasteiger partial charge in [-0.25, -0.2) is 0 Å². The zero-order chi connectivity index (χ0) is 12.6. The maximum atomic E-state index is 11.5. The minimum atomic E-state index is 0.134. The highest BCUT2D eigenvalue weighted by molar-refractivity contribution is 9.09. The number of halogens is 1. The second kappa shape index (κ2) is 8.07. The number of nitrogens with one attached hydrogen (secondary N) is 1. The summed E-state index contributed by atoms with van der Waals surface area (Å²) in [6.07, 6.45) is 2.67. The molecule has 0 aliphatic heterocycles. The summed E-state index contributed by atoms with van der Waals surface area (Å²) in [6.45, 7) is 6.07. The summed E-state index contributed by atoms with van der Waals surface area (Å²) in [5.74, 6) is 0.174. The third-order valence-electron chi connectivity index (χ3n) is 2.30. The quantitative estimate of drug-likeness (QED) is 0.550. The van der Waals surface area contributed by atoms with Gasteiger partial charge < -0.3 is 10.2 Å². The lowest BCUT2D eigenvalue weighted by molar-refractivity contribution is -0.121. The molecule has 0 unspecified atom stereocenters. The highest BCUT2D eigenvalue weighted by atomic mass is 79.9. The Bertz CT molecular complexity index is 205. The fourth-order valence-electron chi connectivity index (χ4n) is 1.72. The molecule has 0 saturated heterocycles. The molecule has 4 heteroatoms. The topological polar surface area (TPSA) is 32.3 Å². The molecule has 0 saturated carbocycles. The smallest absolute Gasteiger partial charge is 0.220 e. The number of alkyl halides is 1. The summed E-state index contributed by atoms with van der Waals surface area (Å²) in [6, 6.07) is 0. The molecule has 0 aromatic rings. The summed E-state index contributed by atoms with van der Waals surface area (Å²) in [5.41, 5.74) is 0.134. The van der Waals surface area contributed by atoms with E-state index in [1.54, 1.807) is 0 Å². The molecule has 16 heavy (non-hydrogen) atoms. The average molecular weight is 293 g/mol. The molecule has 1 amide bonds. The van der Waals surface area contributed by atoms with Gasteiger partial charge in [0.1, 0.15) is 0 Å². The van der Waals surface area contributed by atoms with Crippen LogP contribution >= 0.6 is 15.9 Å². The van der Waals surface area contributed by atoms with Crippen LogP contribution in [0.4, 0.5) is 0 Å². The van der Waals surface area contributed by atoms with Gasteiger partial charge in [0.2, 0.25) is 5.91 Å². The Labute approximate surface area is 108 Å². The number of amides is 1. The monoisotopic (exact) mass is 292 g/mol. The van der Waals surface area contributed by atoms with Gasteiger partial charge in [-0.05, 0) is 32.4 Å². The van der Waals surface area contributed by atoms with Gasteiger partial charge in [-0.2, -0.15) is 0 Å². The van der Waals surface area contributed by atoms with Gasteiger partial charge in [0.05, 0.1) is 0 Å². The first-order valence-corrected chi connectivity index (χ1v) is 6.97. The summed E-state index contributed by atoms with van der Waals surface area (Å²) in [5, 5.41) is 3.98. The second-order valence-electron chi connectivity index (χ2n) is 5.32. The van der Waals surface area contributed by atoms with Crippen LogP contribution in [-0.4, -0.2) is 43.3 Å². The van der Waals surface area contributed by atoms with Crippen molar-refractivity contribution in [2.24, 2.45) is 5.41 Å². The van der Waals surface area contributed by atoms with Gasteiger partial charge in [-0.15, -0.1) is 0 Å². The van der Waals surface area contributed by atoms with Crippen LogP contribution in [0.3, 0.4) is 0 Å². The normalized spacial score (nSPS) is 11.9. The van der Waals surface area contributed by atoms with Crippen molar-refractivity contribution in [2.45, 2.75) is 33.1 Å². The summed E-state index contributed by atoms with van der Waals surface area (Å²) in [7, 11) is 4.11. The van der Waals surface area contributed by atoms with Gasteiger partial charge in [0.25, 0.3) is 0 Å². The van der Waals surface area contributed by atoms with Crippen LogP contribution in [0.5, 0.6) is 0 Å². The third kappa shape index (κ3) is 9.16.